The Kier molecular flexibility index (Phi) is 4.99. The van der Waals surface area contributed by atoms with Gasteiger partial charge in [0, 0.05) is 30.3 Å². The summed E-state index contributed by atoms with van der Waals surface area (Å²) < 4.78 is 12.5. The molecule has 9 nitrogen and oxygen atoms in total. The van der Waals surface area contributed by atoms with Crippen LogP contribution in [0.3, 0.4) is 0 Å². The van der Waals surface area contributed by atoms with E-state index in [-0.39, 0.29) is 24.5 Å². The van der Waals surface area contributed by atoms with E-state index in [2.05, 4.69) is 52.6 Å². The number of benzene rings is 2. The fourth-order valence-electron chi connectivity index (χ4n) is 5.05. The minimum Gasteiger partial charge on any atom is -0.454 e. The molecule has 0 saturated carbocycles. The van der Waals surface area contributed by atoms with Crippen molar-refractivity contribution >= 4 is 23.4 Å². The van der Waals surface area contributed by atoms with Crippen LogP contribution in [0.2, 0.25) is 0 Å². The molecule has 3 aliphatic heterocycles. The molecule has 0 spiro atoms. The number of fused-ring (bicyclic) bond motifs is 4. The highest BCUT2D eigenvalue weighted by Crippen LogP contribution is 2.45. The van der Waals surface area contributed by atoms with Crippen molar-refractivity contribution < 1.29 is 14.3 Å². The smallest absolute Gasteiger partial charge is 0.237 e. The zero-order valence-electron chi connectivity index (χ0n) is 18.5. The third-order valence-electron chi connectivity index (χ3n) is 6.59. The average molecular weight is 465 g/mol. The summed E-state index contributed by atoms with van der Waals surface area (Å²) in [6.07, 6.45) is 0.972. The Morgan fingerprint density at radius 3 is 2.97 bits per heavy atom. The summed E-state index contributed by atoms with van der Waals surface area (Å²) in [6.45, 7) is 4.28. The number of rotatable bonds is 4. The zero-order valence-corrected chi connectivity index (χ0v) is 19.3. The Morgan fingerprint density at radius 1 is 1.18 bits per heavy atom. The Labute approximate surface area is 195 Å². The van der Waals surface area contributed by atoms with Gasteiger partial charge in [0.2, 0.25) is 17.9 Å². The number of piperidine rings is 1. The molecule has 10 heteroatoms. The van der Waals surface area contributed by atoms with Crippen LogP contribution >= 0.6 is 11.8 Å². The van der Waals surface area contributed by atoms with Crippen LogP contribution in [0.1, 0.15) is 23.5 Å². The first kappa shape index (κ1) is 20.5. The average Bonchev–Trinajstić information content (AvgIpc) is 3.54. The minimum absolute atomic E-state index is 0.0855. The highest BCUT2D eigenvalue weighted by Gasteiger charge is 2.43. The van der Waals surface area contributed by atoms with Crippen LogP contribution in [0.4, 0.5) is 5.69 Å². The monoisotopic (exact) mass is 464 g/mol. The molecule has 4 heterocycles. The molecule has 1 aromatic heterocycles. The van der Waals surface area contributed by atoms with E-state index in [1.807, 2.05) is 23.1 Å². The van der Waals surface area contributed by atoms with Crippen LogP contribution in [0.15, 0.2) is 41.6 Å². The quantitative estimate of drug-likeness (QED) is 0.545. The number of hydrogen-bond donors (Lipinski definition) is 0. The second-order valence-electron chi connectivity index (χ2n) is 8.75. The second-order valence-corrected chi connectivity index (χ2v) is 9.69. The number of ether oxygens (including phenoxy) is 2. The van der Waals surface area contributed by atoms with Crippen LogP contribution in [-0.4, -0.2) is 69.7 Å². The van der Waals surface area contributed by atoms with Crippen molar-refractivity contribution in [2.45, 2.75) is 30.5 Å². The fourth-order valence-corrected chi connectivity index (χ4v) is 5.80. The number of aryl methyl sites for hydroxylation is 1. The number of aromatic nitrogens is 4. The molecule has 1 fully saturated rings. The van der Waals surface area contributed by atoms with Gasteiger partial charge in [-0.15, -0.1) is 5.10 Å². The van der Waals surface area contributed by atoms with E-state index in [9.17, 15) is 4.79 Å². The molecule has 3 aliphatic rings. The molecule has 0 aliphatic carbocycles. The van der Waals surface area contributed by atoms with Crippen LogP contribution in [0.5, 0.6) is 11.5 Å². The van der Waals surface area contributed by atoms with Crippen molar-refractivity contribution in [3.63, 3.8) is 0 Å². The maximum Gasteiger partial charge on any atom is 0.237 e. The third-order valence-corrected chi connectivity index (χ3v) is 7.49. The van der Waals surface area contributed by atoms with Gasteiger partial charge < -0.3 is 19.3 Å². The largest absolute Gasteiger partial charge is 0.454 e. The molecule has 6 rings (SSSR count). The van der Waals surface area contributed by atoms with Crippen molar-refractivity contribution in [2.24, 2.45) is 0 Å². The number of thioether (sulfide) groups is 1. The van der Waals surface area contributed by atoms with E-state index in [4.69, 9.17) is 9.47 Å². The molecule has 0 N–H and O–H groups in total. The lowest BCUT2D eigenvalue weighted by atomic mass is 9.89. The molecule has 1 saturated heterocycles. The van der Waals surface area contributed by atoms with Crippen LogP contribution in [0, 0.1) is 6.92 Å². The lowest BCUT2D eigenvalue weighted by Crippen LogP contribution is -2.47. The van der Waals surface area contributed by atoms with E-state index in [1.165, 1.54) is 22.9 Å². The predicted molar refractivity (Wildman–Crippen MR) is 123 cm³/mol. The first-order valence-electron chi connectivity index (χ1n) is 11.0. The number of likely N-dealkylation sites (N-methyl/N-ethyl adjacent to an activating group) is 1. The molecular weight excluding hydrogens is 440 g/mol. The van der Waals surface area contributed by atoms with Crippen molar-refractivity contribution in [1.82, 2.24) is 25.1 Å². The summed E-state index contributed by atoms with van der Waals surface area (Å²) >= 11 is 1.35. The Morgan fingerprint density at radius 2 is 2.06 bits per heavy atom. The molecule has 0 radical (unpaired) electrons. The first-order chi connectivity index (χ1) is 16.1. The molecule has 3 aromatic rings. The lowest BCUT2D eigenvalue weighted by Gasteiger charge is -2.36. The SMILES string of the molecule is Cc1ccc2c(c1)[C@H]1CN(C)CC[C@H]1N2C(=O)CSc1nnnn1-c1ccc2c(c1)OCO2. The molecule has 33 heavy (non-hydrogen) atoms. The molecule has 2 aromatic carbocycles. The molecule has 2 atom stereocenters. The zero-order chi connectivity index (χ0) is 22.5. The van der Waals surface area contributed by atoms with Gasteiger partial charge in [-0.3, -0.25) is 4.79 Å². The van der Waals surface area contributed by atoms with E-state index < -0.39 is 0 Å². The van der Waals surface area contributed by atoms with Gasteiger partial charge in [-0.2, -0.15) is 4.68 Å². The summed E-state index contributed by atoms with van der Waals surface area (Å²) in [6, 6.07) is 12.2. The third kappa shape index (κ3) is 3.53. The molecule has 170 valence electrons. The van der Waals surface area contributed by atoms with Gasteiger partial charge in [-0.1, -0.05) is 29.5 Å². The van der Waals surface area contributed by atoms with Crippen molar-refractivity contribution in [1.29, 1.82) is 0 Å². The number of carbonyl (C=O) groups excluding carboxylic acids is 1. The number of amides is 1. The lowest BCUT2D eigenvalue weighted by molar-refractivity contribution is -0.116. The molecule has 0 bridgehead atoms. The Hall–Kier alpha value is -3.11. The van der Waals surface area contributed by atoms with E-state index >= 15 is 0 Å². The topological polar surface area (TPSA) is 85.6 Å². The van der Waals surface area contributed by atoms with Crippen LogP contribution < -0.4 is 14.4 Å². The highest BCUT2D eigenvalue weighted by atomic mass is 32.2. The van der Waals surface area contributed by atoms with Gasteiger partial charge in [0.15, 0.2) is 11.5 Å². The van der Waals surface area contributed by atoms with E-state index in [0.717, 1.165) is 30.9 Å². The standard InChI is InChI=1S/C23H24N6O3S/c1-14-3-5-18-16(9-14)17-11-27(2)8-7-19(17)28(18)22(30)12-33-23-24-25-26-29(23)15-4-6-20-21(10-15)32-13-31-20/h3-6,9-10,17,19H,7-8,11-13H2,1-2H3/t17-,19-/m1/s1. The van der Waals surface area contributed by atoms with Gasteiger partial charge in [0.1, 0.15) is 0 Å². The summed E-state index contributed by atoms with van der Waals surface area (Å²) in [4.78, 5) is 17.9. The number of hydrogen-bond acceptors (Lipinski definition) is 8. The minimum atomic E-state index is 0.0855. The Balaban J connectivity index is 1.23. The number of tetrazole rings is 1. The number of carbonyl (C=O) groups is 1. The Bertz CT molecular complexity index is 1230. The number of anilines is 1. The summed E-state index contributed by atoms with van der Waals surface area (Å²) in [5.74, 6) is 2.06. The molecule has 0 unspecified atom stereocenters. The highest BCUT2D eigenvalue weighted by molar-refractivity contribution is 7.99. The maximum atomic E-state index is 13.5. The van der Waals surface area contributed by atoms with Gasteiger partial charge in [0.05, 0.1) is 11.4 Å². The van der Waals surface area contributed by atoms with Crippen molar-refractivity contribution in [3.05, 3.63) is 47.5 Å². The normalized spacial score (nSPS) is 21.2. The summed E-state index contributed by atoms with van der Waals surface area (Å²) in [7, 11) is 2.15. The van der Waals surface area contributed by atoms with Gasteiger partial charge in [-0.25, -0.2) is 0 Å². The number of likely N-dealkylation sites (tertiary alicyclic amines) is 1. The second kappa shape index (κ2) is 8.03. The predicted octanol–water partition coefficient (Wildman–Crippen LogP) is 2.63. The van der Waals surface area contributed by atoms with Gasteiger partial charge >= 0.3 is 0 Å². The van der Waals surface area contributed by atoms with Crippen LogP contribution in [-0.2, 0) is 4.79 Å². The van der Waals surface area contributed by atoms with Gasteiger partial charge in [0.25, 0.3) is 0 Å². The summed E-state index contributed by atoms with van der Waals surface area (Å²) in [5, 5.41) is 12.6. The number of nitrogens with zero attached hydrogens (tertiary/aromatic N) is 6. The van der Waals surface area contributed by atoms with Crippen molar-refractivity contribution in [3.8, 4) is 17.2 Å². The fraction of sp³-hybridized carbons (Fsp3) is 0.391. The maximum absolute atomic E-state index is 13.5. The van der Waals surface area contributed by atoms with Crippen LogP contribution in [0.25, 0.3) is 5.69 Å². The van der Waals surface area contributed by atoms with Crippen molar-refractivity contribution in [2.75, 3.05) is 37.6 Å². The molecular formula is C23H24N6O3S. The first-order valence-corrected chi connectivity index (χ1v) is 12.0. The van der Waals surface area contributed by atoms with E-state index in [1.54, 1.807) is 4.68 Å². The van der Waals surface area contributed by atoms with E-state index in [0.29, 0.717) is 22.6 Å². The summed E-state index contributed by atoms with van der Waals surface area (Å²) in [5.41, 5.74) is 4.32. The molecule has 1 amide bonds. The van der Waals surface area contributed by atoms with Gasteiger partial charge in [-0.05, 0) is 61.1 Å².